The molecule has 0 aliphatic carbocycles. The number of hydrogen-bond acceptors (Lipinski definition) is 6. The second-order valence-electron chi connectivity index (χ2n) is 8.97. The number of imidazole rings is 1. The first-order chi connectivity index (χ1) is 18.4. The fourth-order valence-electron chi connectivity index (χ4n) is 4.60. The van der Waals surface area contributed by atoms with Crippen LogP contribution in [-0.2, 0) is 32.0 Å². The van der Waals surface area contributed by atoms with E-state index in [0.717, 1.165) is 45.8 Å². The first kappa shape index (κ1) is 26.8. The maximum Gasteiger partial charge on any atom is 0.346 e. The number of fused-ring (bicyclic) bond motifs is 1. The van der Waals surface area contributed by atoms with Crippen molar-refractivity contribution in [1.29, 1.82) is 0 Å². The standard InChI is InChI=1S/C31H33N3O4/c1-6-25-33-28-20(4)18-21(5)32-29(28)34(25)19-22-14-16-24(17-15-22)26(23-12-10-9-11-13-23)27(30(35)37-7-2)31(36)38-8-3/h9-18H,6-8,19H2,1-5H3. The molecule has 0 saturated carbocycles. The Kier molecular flexibility index (Phi) is 8.36. The summed E-state index contributed by atoms with van der Waals surface area (Å²) < 4.78 is 12.7. The molecule has 2 aromatic heterocycles. The normalized spacial score (nSPS) is 10.9. The van der Waals surface area contributed by atoms with Gasteiger partial charge in [0, 0.05) is 17.7 Å². The fraction of sp³-hybridized carbons (Fsp3) is 0.290. The van der Waals surface area contributed by atoms with Crippen molar-refractivity contribution in [3.8, 4) is 0 Å². The number of rotatable bonds is 9. The minimum absolute atomic E-state index is 0.114. The summed E-state index contributed by atoms with van der Waals surface area (Å²) in [5, 5.41) is 0. The number of ether oxygens (including phenoxy) is 2. The van der Waals surface area contributed by atoms with Gasteiger partial charge in [0.2, 0.25) is 0 Å². The van der Waals surface area contributed by atoms with Crippen molar-refractivity contribution in [2.45, 2.75) is 47.6 Å². The van der Waals surface area contributed by atoms with E-state index >= 15 is 0 Å². The highest BCUT2D eigenvalue weighted by Gasteiger charge is 2.27. The van der Waals surface area contributed by atoms with Gasteiger partial charge in [-0.05, 0) is 56.0 Å². The summed E-state index contributed by atoms with van der Waals surface area (Å²) in [5.74, 6) is -0.437. The summed E-state index contributed by atoms with van der Waals surface area (Å²) in [6.45, 7) is 10.5. The Morgan fingerprint density at radius 2 is 1.42 bits per heavy atom. The fourth-order valence-corrected chi connectivity index (χ4v) is 4.60. The molecule has 0 aliphatic heterocycles. The summed E-state index contributed by atoms with van der Waals surface area (Å²) >= 11 is 0. The Morgan fingerprint density at radius 1 is 0.816 bits per heavy atom. The Bertz CT molecular complexity index is 1470. The lowest BCUT2D eigenvalue weighted by atomic mass is 9.92. The number of aryl methyl sites for hydroxylation is 3. The van der Waals surface area contributed by atoms with E-state index in [2.05, 4.69) is 24.5 Å². The van der Waals surface area contributed by atoms with Gasteiger partial charge >= 0.3 is 11.9 Å². The van der Waals surface area contributed by atoms with Gasteiger partial charge in [0.25, 0.3) is 0 Å². The maximum atomic E-state index is 13.0. The monoisotopic (exact) mass is 511 g/mol. The predicted molar refractivity (Wildman–Crippen MR) is 148 cm³/mol. The van der Waals surface area contributed by atoms with Gasteiger partial charge in [-0.2, -0.15) is 0 Å². The number of benzene rings is 2. The van der Waals surface area contributed by atoms with Gasteiger partial charge in [-0.3, -0.25) is 0 Å². The molecule has 4 aromatic rings. The van der Waals surface area contributed by atoms with Crippen LogP contribution in [-0.4, -0.2) is 39.7 Å². The number of nitrogens with zero attached hydrogens (tertiary/aromatic N) is 3. The number of carbonyl (C=O) groups excluding carboxylic acids is 2. The molecule has 0 bridgehead atoms. The number of hydrogen-bond donors (Lipinski definition) is 0. The summed E-state index contributed by atoms with van der Waals surface area (Å²) in [7, 11) is 0. The minimum atomic E-state index is -0.705. The zero-order valence-electron chi connectivity index (χ0n) is 22.6. The molecule has 38 heavy (non-hydrogen) atoms. The Morgan fingerprint density at radius 3 is 2.00 bits per heavy atom. The van der Waals surface area contributed by atoms with Crippen molar-refractivity contribution >= 4 is 28.7 Å². The van der Waals surface area contributed by atoms with Gasteiger partial charge in [0.1, 0.15) is 11.3 Å². The molecule has 0 spiro atoms. The van der Waals surface area contributed by atoms with Crippen LogP contribution >= 0.6 is 0 Å². The summed E-state index contributed by atoms with van der Waals surface area (Å²) in [5.41, 5.74) is 6.71. The predicted octanol–water partition coefficient (Wildman–Crippen LogP) is 5.59. The van der Waals surface area contributed by atoms with E-state index in [-0.39, 0.29) is 18.8 Å². The quantitative estimate of drug-likeness (QED) is 0.126. The van der Waals surface area contributed by atoms with Crippen LogP contribution in [0.25, 0.3) is 16.7 Å². The van der Waals surface area contributed by atoms with Gasteiger partial charge in [0.05, 0.1) is 19.8 Å². The Hall–Kier alpha value is -4.26. The lowest BCUT2D eigenvalue weighted by molar-refractivity contribution is -0.146. The number of esters is 2. The van der Waals surface area contributed by atoms with Crippen LogP contribution in [0.15, 0.2) is 66.2 Å². The molecule has 7 heteroatoms. The van der Waals surface area contributed by atoms with E-state index in [0.29, 0.717) is 17.7 Å². The van der Waals surface area contributed by atoms with E-state index in [9.17, 15) is 9.59 Å². The van der Waals surface area contributed by atoms with Crippen molar-refractivity contribution < 1.29 is 19.1 Å². The van der Waals surface area contributed by atoms with Crippen LogP contribution in [0, 0.1) is 13.8 Å². The van der Waals surface area contributed by atoms with Crippen molar-refractivity contribution in [2.24, 2.45) is 0 Å². The second-order valence-corrected chi connectivity index (χ2v) is 8.97. The van der Waals surface area contributed by atoms with Crippen molar-refractivity contribution in [3.63, 3.8) is 0 Å². The molecule has 4 rings (SSSR count). The summed E-state index contributed by atoms with van der Waals surface area (Å²) in [4.78, 5) is 35.6. The molecule has 0 unspecified atom stereocenters. The van der Waals surface area contributed by atoms with Gasteiger partial charge < -0.3 is 14.0 Å². The second kappa shape index (κ2) is 11.9. The van der Waals surface area contributed by atoms with Gasteiger partial charge in [-0.1, -0.05) is 61.5 Å². The molecular formula is C31H33N3O4. The molecule has 0 saturated heterocycles. The number of aromatic nitrogens is 3. The molecule has 0 radical (unpaired) electrons. The molecule has 196 valence electrons. The van der Waals surface area contributed by atoms with E-state index in [1.165, 1.54) is 0 Å². The lowest BCUT2D eigenvalue weighted by Crippen LogP contribution is -2.20. The lowest BCUT2D eigenvalue weighted by Gasteiger charge is -2.15. The minimum Gasteiger partial charge on any atom is -0.462 e. The first-order valence-electron chi connectivity index (χ1n) is 12.9. The highest BCUT2D eigenvalue weighted by atomic mass is 16.6. The van der Waals surface area contributed by atoms with Crippen molar-refractivity contribution in [2.75, 3.05) is 13.2 Å². The number of pyridine rings is 1. The smallest absolute Gasteiger partial charge is 0.346 e. The molecule has 0 aliphatic rings. The average Bonchev–Trinajstić information content (AvgIpc) is 3.26. The number of carbonyl (C=O) groups is 2. The van der Waals surface area contributed by atoms with E-state index < -0.39 is 11.9 Å². The average molecular weight is 512 g/mol. The largest absolute Gasteiger partial charge is 0.462 e. The molecule has 2 aromatic carbocycles. The van der Waals surface area contributed by atoms with E-state index in [4.69, 9.17) is 19.4 Å². The summed E-state index contributed by atoms with van der Waals surface area (Å²) in [6.07, 6.45) is 0.788. The van der Waals surface area contributed by atoms with E-state index in [1.54, 1.807) is 13.8 Å². The van der Waals surface area contributed by atoms with Crippen LogP contribution < -0.4 is 0 Å². The third kappa shape index (κ3) is 5.52. The topological polar surface area (TPSA) is 83.3 Å². The zero-order chi connectivity index (χ0) is 27.2. The van der Waals surface area contributed by atoms with Crippen LogP contribution in [0.1, 0.15) is 54.5 Å². The molecule has 0 amide bonds. The molecule has 0 N–H and O–H groups in total. The zero-order valence-corrected chi connectivity index (χ0v) is 22.6. The molecular weight excluding hydrogens is 478 g/mol. The molecule has 0 fully saturated rings. The Labute approximate surface area is 223 Å². The maximum absolute atomic E-state index is 13.0. The molecule has 7 nitrogen and oxygen atoms in total. The van der Waals surface area contributed by atoms with Crippen molar-refractivity contribution in [3.05, 3.63) is 100 Å². The third-order valence-electron chi connectivity index (χ3n) is 6.27. The van der Waals surface area contributed by atoms with Crippen LogP contribution in [0.4, 0.5) is 0 Å². The highest BCUT2D eigenvalue weighted by Crippen LogP contribution is 2.29. The van der Waals surface area contributed by atoms with Gasteiger partial charge in [-0.25, -0.2) is 19.6 Å². The van der Waals surface area contributed by atoms with Gasteiger partial charge in [0.15, 0.2) is 11.2 Å². The van der Waals surface area contributed by atoms with Crippen LogP contribution in [0.3, 0.4) is 0 Å². The third-order valence-corrected chi connectivity index (χ3v) is 6.27. The highest BCUT2D eigenvalue weighted by molar-refractivity contribution is 6.21. The molecule has 2 heterocycles. The van der Waals surface area contributed by atoms with Crippen molar-refractivity contribution in [1.82, 2.24) is 14.5 Å². The van der Waals surface area contributed by atoms with E-state index in [1.807, 2.05) is 61.5 Å². The first-order valence-corrected chi connectivity index (χ1v) is 12.9. The SMILES string of the molecule is CCOC(=O)C(C(=O)OCC)=C(c1ccccc1)c1ccc(Cn2c(CC)nc3c(C)cc(C)nc32)cc1. The van der Waals surface area contributed by atoms with Crippen LogP contribution in [0.2, 0.25) is 0 Å². The molecule has 0 atom stereocenters. The summed E-state index contributed by atoms with van der Waals surface area (Å²) in [6, 6.07) is 19.2. The van der Waals surface area contributed by atoms with Crippen LogP contribution in [0.5, 0.6) is 0 Å². The Balaban J connectivity index is 1.80. The van der Waals surface area contributed by atoms with Gasteiger partial charge in [-0.15, -0.1) is 0 Å².